The molecule has 1 aliphatic rings. The summed E-state index contributed by atoms with van der Waals surface area (Å²) in [4.78, 5) is 13.6. The Morgan fingerprint density at radius 1 is 1.17 bits per heavy atom. The number of aryl methyl sites for hydroxylation is 1. The molecule has 30 heavy (non-hydrogen) atoms. The molecule has 5 nitrogen and oxygen atoms in total. The summed E-state index contributed by atoms with van der Waals surface area (Å²) in [6.07, 6.45) is 2.63. The maximum absolute atomic E-state index is 11.7. The molecule has 2 aromatic carbocycles. The summed E-state index contributed by atoms with van der Waals surface area (Å²) in [6.45, 7) is 8.24. The van der Waals surface area contributed by atoms with E-state index >= 15 is 0 Å². The van der Waals surface area contributed by atoms with E-state index in [1.54, 1.807) is 0 Å². The van der Waals surface area contributed by atoms with E-state index < -0.39 is 0 Å². The molecule has 1 aliphatic heterocycles. The van der Waals surface area contributed by atoms with Gasteiger partial charge in [0, 0.05) is 26.1 Å². The average molecular weight is 431 g/mol. The molecule has 2 aromatic rings. The minimum Gasteiger partial charge on any atom is -0.490 e. The number of nitrogens with zero attached hydrogens (tertiary/aromatic N) is 1. The summed E-state index contributed by atoms with van der Waals surface area (Å²) < 4.78 is 11.8. The zero-order valence-corrected chi connectivity index (χ0v) is 18.6. The van der Waals surface area contributed by atoms with Crippen molar-refractivity contribution < 1.29 is 14.3 Å². The van der Waals surface area contributed by atoms with Crippen LogP contribution in [0.2, 0.25) is 5.02 Å². The maximum atomic E-state index is 11.7. The minimum atomic E-state index is 0.282. The second-order valence-electron chi connectivity index (χ2n) is 7.63. The Morgan fingerprint density at radius 3 is 2.77 bits per heavy atom. The highest BCUT2D eigenvalue weighted by Crippen LogP contribution is 2.37. The van der Waals surface area contributed by atoms with Crippen LogP contribution < -0.4 is 14.8 Å². The van der Waals surface area contributed by atoms with Crippen LogP contribution >= 0.6 is 11.6 Å². The first-order chi connectivity index (χ1) is 14.6. The molecule has 1 amide bonds. The average Bonchev–Trinajstić information content (AvgIpc) is 3.12. The standard InChI is InChI=1S/C24H31ClN2O3/c1-3-29-22-15-20(16-26-10-6-12-27-11-5-9-23(27)28)14-21(25)24(22)30-17-19-8-4-7-18(2)13-19/h4,7-8,13-15,26H,3,5-6,9-12,16-17H2,1-2H3. The maximum Gasteiger partial charge on any atom is 0.222 e. The SMILES string of the molecule is CCOc1cc(CNCCCN2CCCC2=O)cc(Cl)c1OCc1cccc(C)c1. The second kappa shape index (κ2) is 11.2. The van der Waals surface area contributed by atoms with Gasteiger partial charge >= 0.3 is 0 Å². The number of benzene rings is 2. The number of nitrogens with one attached hydrogen (secondary N) is 1. The molecule has 1 saturated heterocycles. The highest BCUT2D eigenvalue weighted by Gasteiger charge is 2.19. The highest BCUT2D eigenvalue weighted by atomic mass is 35.5. The first kappa shape index (κ1) is 22.4. The summed E-state index contributed by atoms with van der Waals surface area (Å²) >= 11 is 6.53. The van der Waals surface area contributed by atoms with Crippen LogP contribution in [0.15, 0.2) is 36.4 Å². The largest absolute Gasteiger partial charge is 0.490 e. The molecule has 1 heterocycles. The van der Waals surface area contributed by atoms with Gasteiger partial charge in [0.05, 0.1) is 11.6 Å². The normalized spacial score (nSPS) is 13.7. The summed E-state index contributed by atoms with van der Waals surface area (Å²) in [5, 5.41) is 3.98. The van der Waals surface area contributed by atoms with Gasteiger partial charge in [0.25, 0.3) is 0 Å². The third kappa shape index (κ3) is 6.38. The first-order valence-electron chi connectivity index (χ1n) is 10.7. The van der Waals surface area contributed by atoms with Crippen molar-refractivity contribution in [3.8, 4) is 11.5 Å². The molecule has 1 N–H and O–H groups in total. The van der Waals surface area contributed by atoms with E-state index in [0.29, 0.717) is 42.7 Å². The number of hydrogen-bond acceptors (Lipinski definition) is 4. The lowest BCUT2D eigenvalue weighted by Gasteiger charge is -2.17. The number of carbonyl (C=O) groups is 1. The molecular formula is C24H31ClN2O3. The van der Waals surface area contributed by atoms with E-state index in [4.69, 9.17) is 21.1 Å². The second-order valence-corrected chi connectivity index (χ2v) is 8.04. The van der Waals surface area contributed by atoms with Crippen molar-refractivity contribution in [2.45, 2.75) is 46.3 Å². The van der Waals surface area contributed by atoms with Crippen molar-refractivity contribution in [2.24, 2.45) is 0 Å². The number of hydrogen-bond donors (Lipinski definition) is 1. The minimum absolute atomic E-state index is 0.282. The molecule has 0 radical (unpaired) electrons. The van der Waals surface area contributed by atoms with Crippen LogP contribution in [0.25, 0.3) is 0 Å². The van der Waals surface area contributed by atoms with Gasteiger partial charge in [0.1, 0.15) is 6.61 Å². The molecule has 0 spiro atoms. The molecule has 1 fully saturated rings. The Hall–Kier alpha value is -2.24. The lowest BCUT2D eigenvalue weighted by atomic mass is 10.1. The lowest BCUT2D eigenvalue weighted by Crippen LogP contribution is -2.28. The van der Waals surface area contributed by atoms with Crippen molar-refractivity contribution in [3.05, 3.63) is 58.1 Å². The molecular weight excluding hydrogens is 400 g/mol. The summed E-state index contributed by atoms with van der Waals surface area (Å²) in [5.41, 5.74) is 3.34. The molecule has 0 unspecified atom stereocenters. The predicted octanol–water partition coefficient (Wildman–Crippen LogP) is 4.73. The van der Waals surface area contributed by atoms with Crippen LogP contribution in [-0.4, -0.2) is 37.0 Å². The molecule has 3 rings (SSSR count). The fraction of sp³-hybridized carbons (Fsp3) is 0.458. The monoisotopic (exact) mass is 430 g/mol. The van der Waals surface area contributed by atoms with Crippen molar-refractivity contribution in [2.75, 3.05) is 26.2 Å². The zero-order valence-electron chi connectivity index (χ0n) is 17.9. The number of rotatable bonds is 11. The van der Waals surface area contributed by atoms with E-state index in [9.17, 15) is 4.79 Å². The van der Waals surface area contributed by atoms with Crippen LogP contribution in [0.4, 0.5) is 0 Å². The van der Waals surface area contributed by atoms with Gasteiger partial charge in [-0.2, -0.15) is 0 Å². The Morgan fingerprint density at radius 2 is 2.03 bits per heavy atom. The number of likely N-dealkylation sites (tertiary alicyclic amines) is 1. The molecule has 6 heteroatoms. The quantitative estimate of drug-likeness (QED) is 0.523. The van der Waals surface area contributed by atoms with Crippen LogP contribution in [0.1, 0.15) is 42.9 Å². The fourth-order valence-corrected chi connectivity index (χ4v) is 3.94. The van der Waals surface area contributed by atoms with Gasteiger partial charge in [-0.1, -0.05) is 41.4 Å². The third-order valence-corrected chi connectivity index (χ3v) is 5.40. The molecule has 0 aliphatic carbocycles. The van der Waals surface area contributed by atoms with E-state index in [2.05, 4.69) is 24.4 Å². The third-order valence-electron chi connectivity index (χ3n) is 5.12. The van der Waals surface area contributed by atoms with E-state index in [0.717, 1.165) is 43.6 Å². The Bertz CT molecular complexity index is 856. The number of carbonyl (C=O) groups excluding carboxylic acids is 1. The van der Waals surface area contributed by atoms with Gasteiger partial charge in [0.15, 0.2) is 11.5 Å². The van der Waals surface area contributed by atoms with Crippen molar-refractivity contribution >= 4 is 17.5 Å². The van der Waals surface area contributed by atoms with Gasteiger partial charge in [-0.05, 0) is 56.5 Å². The van der Waals surface area contributed by atoms with E-state index in [-0.39, 0.29) is 5.91 Å². The van der Waals surface area contributed by atoms with E-state index in [1.165, 1.54) is 5.56 Å². The number of ether oxygens (including phenoxy) is 2. The van der Waals surface area contributed by atoms with Gasteiger partial charge in [0.2, 0.25) is 5.91 Å². The van der Waals surface area contributed by atoms with Gasteiger partial charge in [-0.3, -0.25) is 4.79 Å². The fourth-order valence-electron chi connectivity index (χ4n) is 3.65. The smallest absolute Gasteiger partial charge is 0.222 e. The highest BCUT2D eigenvalue weighted by molar-refractivity contribution is 6.32. The number of halogens is 1. The van der Waals surface area contributed by atoms with Gasteiger partial charge < -0.3 is 19.7 Å². The van der Waals surface area contributed by atoms with Gasteiger partial charge in [-0.25, -0.2) is 0 Å². The van der Waals surface area contributed by atoms with Crippen molar-refractivity contribution in [1.29, 1.82) is 0 Å². The first-order valence-corrected chi connectivity index (χ1v) is 11.1. The topological polar surface area (TPSA) is 50.8 Å². The summed E-state index contributed by atoms with van der Waals surface area (Å²) in [6, 6.07) is 12.1. The van der Waals surface area contributed by atoms with E-state index in [1.807, 2.05) is 36.1 Å². The Labute approximate surface area is 184 Å². The number of amides is 1. The molecule has 0 saturated carbocycles. The van der Waals surface area contributed by atoms with Gasteiger partial charge in [-0.15, -0.1) is 0 Å². The lowest BCUT2D eigenvalue weighted by molar-refractivity contribution is -0.127. The molecule has 162 valence electrons. The van der Waals surface area contributed by atoms with Crippen LogP contribution in [0.5, 0.6) is 11.5 Å². The molecule has 0 bridgehead atoms. The van der Waals surface area contributed by atoms with Crippen molar-refractivity contribution in [3.63, 3.8) is 0 Å². The van der Waals surface area contributed by atoms with Crippen LogP contribution in [0.3, 0.4) is 0 Å². The zero-order chi connectivity index (χ0) is 21.3. The summed E-state index contributed by atoms with van der Waals surface area (Å²) in [7, 11) is 0. The molecule has 0 atom stereocenters. The van der Waals surface area contributed by atoms with Crippen LogP contribution in [0, 0.1) is 6.92 Å². The summed E-state index contributed by atoms with van der Waals surface area (Å²) in [5.74, 6) is 1.53. The van der Waals surface area contributed by atoms with Crippen LogP contribution in [-0.2, 0) is 17.9 Å². The Balaban J connectivity index is 1.54. The Kier molecular flexibility index (Phi) is 8.40. The molecule has 0 aromatic heterocycles. The van der Waals surface area contributed by atoms with Crippen molar-refractivity contribution in [1.82, 2.24) is 10.2 Å². The predicted molar refractivity (Wildman–Crippen MR) is 120 cm³/mol.